The normalized spacial score (nSPS) is 21.9. The molecule has 25 heavy (non-hydrogen) atoms. The van der Waals surface area contributed by atoms with Gasteiger partial charge >= 0.3 is 0 Å². The van der Waals surface area contributed by atoms with Gasteiger partial charge in [-0.3, -0.25) is 19.6 Å². The molecule has 0 bridgehead atoms. The molecule has 2 fully saturated rings. The van der Waals surface area contributed by atoms with Crippen molar-refractivity contribution in [3.63, 3.8) is 0 Å². The number of hydrogen-bond acceptors (Lipinski definition) is 5. The molecule has 4 rings (SSSR count). The molecule has 0 N–H and O–H groups in total. The van der Waals surface area contributed by atoms with E-state index >= 15 is 0 Å². The van der Waals surface area contributed by atoms with Crippen molar-refractivity contribution in [1.82, 2.24) is 14.7 Å². The predicted octanol–water partition coefficient (Wildman–Crippen LogP) is 1.68. The number of carbonyl (C=O) groups excluding carboxylic acids is 1. The molecule has 1 saturated carbocycles. The number of amides is 1. The van der Waals surface area contributed by atoms with Crippen molar-refractivity contribution in [2.75, 3.05) is 46.4 Å². The van der Waals surface area contributed by atoms with Crippen molar-refractivity contribution in [2.24, 2.45) is 4.99 Å². The monoisotopic (exact) mass is 342 g/mol. The van der Waals surface area contributed by atoms with Gasteiger partial charge < -0.3 is 9.64 Å². The fraction of sp³-hybridized carbons (Fsp3) is 0.579. The Kier molecular flexibility index (Phi) is 4.61. The van der Waals surface area contributed by atoms with Crippen LogP contribution in [0.15, 0.2) is 29.3 Å². The Morgan fingerprint density at radius 1 is 1.08 bits per heavy atom. The Bertz CT molecular complexity index is 646. The molecule has 0 spiro atoms. The highest BCUT2D eigenvalue weighted by Gasteiger charge is 2.33. The van der Waals surface area contributed by atoms with E-state index in [9.17, 15) is 4.79 Å². The lowest BCUT2D eigenvalue weighted by Crippen LogP contribution is -2.56. The fourth-order valence-electron chi connectivity index (χ4n) is 3.83. The molecule has 1 amide bonds. The van der Waals surface area contributed by atoms with Gasteiger partial charge in [0, 0.05) is 44.3 Å². The van der Waals surface area contributed by atoms with E-state index in [-0.39, 0.29) is 5.91 Å². The summed E-state index contributed by atoms with van der Waals surface area (Å²) < 4.78 is 5.17. The average molecular weight is 342 g/mol. The smallest absolute Gasteiger partial charge is 0.260 e. The van der Waals surface area contributed by atoms with Crippen LogP contribution in [-0.2, 0) is 0 Å². The Morgan fingerprint density at radius 2 is 1.80 bits per heavy atom. The maximum Gasteiger partial charge on any atom is 0.260 e. The van der Waals surface area contributed by atoms with Crippen molar-refractivity contribution in [1.29, 1.82) is 0 Å². The number of piperazine rings is 1. The van der Waals surface area contributed by atoms with E-state index < -0.39 is 0 Å². The molecule has 2 heterocycles. The number of carbonyl (C=O) groups is 1. The minimum absolute atomic E-state index is 0.0281. The molecule has 1 aromatic carbocycles. The lowest BCUT2D eigenvalue weighted by molar-refractivity contribution is 0.0745. The van der Waals surface area contributed by atoms with Crippen LogP contribution in [-0.4, -0.2) is 79.0 Å². The molecule has 6 nitrogen and oxygen atoms in total. The molecule has 1 saturated heterocycles. The summed E-state index contributed by atoms with van der Waals surface area (Å²) in [5, 5.41) is 0. The molecule has 134 valence electrons. The zero-order valence-corrected chi connectivity index (χ0v) is 14.9. The van der Waals surface area contributed by atoms with Crippen LogP contribution in [0, 0.1) is 0 Å². The number of aliphatic imine (C=N–C) groups is 1. The van der Waals surface area contributed by atoms with Crippen LogP contribution in [0.2, 0.25) is 0 Å². The summed E-state index contributed by atoms with van der Waals surface area (Å²) in [5.41, 5.74) is 0.684. The Morgan fingerprint density at radius 3 is 2.40 bits per heavy atom. The molecule has 0 radical (unpaired) electrons. The van der Waals surface area contributed by atoms with Gasteiger partial charge in [-0.2, -0.15) is 0 Å². The molecule has 0 unspecified atom stereocenters. The van der Waals surface area contributed by atoms with Crippen LogP contribution < -0.4 is 4.74 Å². The number of ether oxygens (including phenoxy) is 1. The molecule has 0 atom stereocenters. The molecule has 1 aliphatic carbocycles. The number of benzene rings is 1. The van der Waals surface area contributed by atoms with E-state index in [4.69, 9.17) is 4.74 Å². The van der Waals surface area contributed by atoms with Gasteiger partial charge in [0.25, 0.3) is 5.91 Å². The zero-order chi connectivity index (χ0) is 17.2. The summed E-state index contributed by atoms with van der Waals surface area (Å²) in [6, 6.07) is 8.11. The highest BCUT2D eigenvalue weighted by Crippen LogP contribution is 2.26. The third-order valence-electron chi connectivity index (χ3n) is 5.59. The largest absolute Gasteiger partial charge is 0.497 e. The van der Waals surface area contributed by atoms with E-state index in [1.165, 1.54) is 19.3 Å². The first-order chi connectivity index (χ1) is 12.3. The van der Waals surface area contributed by atoms with Crippen LogP contribution >= 0.6 is 0 Å². The number of hydrogen-bond donors (Lipinski definition) is 0. The average Bonchev–Trinajstić information content (AvgIpc) is 3.10. The quantitative estimate of drug-likeness (QED) is 0.839. The van der Waals surface area contributed by atoms with Gasteiger partial charge in [-0.15, -0.1) is 0 Å². The van der Waals surface area contributed by atoms with Crippen molar-refractivity contribution in [3.8, 4) is 5.75 Å². The maximum atomic E-state index is 12.9. The van der Waals surface area contributed by atoms with Gasteiger partial charge in [0.15, 0.2) is 0 Å². The van der Waals surface area contributed by atoms with E-state index in [1.54, 1.807) is 7.11 Å². The molecular formula is C19H26N4O2. The Hall–Kier alpha value is -2.08. The fourth-order valence-corrected chi connectivity index (χ4v) is 3.83. The van der Waals surface area contributed by atoms with Crippen molar-refractivity contribution >= 4 is 11.9 Å². The minimum Gasteiger partial charge on any atom is -0.497 e. The molecule has 0 aromatic heterocycles. The van der Waals surface area contributed by atoms with Crippen LogP contribution in [0.5, 0.6) is 5.75 Å². The van der Waals surface area contributed by atoms with Gasteiger partial charge in [-0.1, -0.05) is 6.42 Å². The molecule has 6 heteroatoms. The van der Waals surface area contributed by atoms with E-state index in [2.05, 4.69) is 14.8 Å². The number of guanidine groups is 1. The standard InChI is InChI=1S/C19H26N4O2/c1-25-17-7-5-15(6-8-17)18(24)23-10-9-20-19(23)22-13-11-21(12-14-22)16-3-2-4-16/h5-8,16H,2-4,9-14H2,1H3. The van der Waals surface area contributed by atoms with Crippen molar-refractivity contribution in [3.05, 3.63) is 29.8 Å². The molecule has 1 aromatic rings. The van der Waals surface area contributed by atoms with E-state index in [0.717, 1.165) is 43.9 Å². The minimum atomic E-state index is 0.0281. The first-order valence-corrected chi connectivity index (χ1v) is 9.25. The van der Waals surface area contributed by atoms with Crippen LogP contribution in [0.3, 0.4) is 0 Å². The van der Waals surface area contributed by atoms with Crippen molar-refractivity contribution < 1.29 is 9.53 Å². The third kappa shape index (κ3) is 3.23. The van der Waals surface area contributed by atoms with Crippen LogP contribution in [0.1, 0.15) is 29.6 Å². The van der Waals surface area contributed by atoms with E-state index in [1.807, 2.05) is 29.2 Å². The second kappa shape index (κ2) is 7.04. The van der Waals surface area contributed by atoms with Gasteiger partial charge in [0.1, 0.15) is 5.75 Å². The summed E-state index contributed by atoms with van der Waals surface area (Å²) in [7, 11) is 1.63. The van der Waals surface area contributed by atoms with E-state index in [0.29, 0.717) is 18.7 Å². The van der Waals surface area contributed by atoms with Gasteiger partial charge in [0.2, 0.25) is 5.96 Å². The zero-order valence-electron chi connectivity index (χ0n) is 14.9. The summed E-state index contributed by atoms with van der Waals surface area (Å²) >= 11 is 0. The first kappa shape index (κ1) is 16.4. The molecule has 2 aliphatic heterocycles. The summed E-state index contributed by atoms with van der Waals surface area (Å²) in [5.74, 6) is 1.65. The number of rotatable bonds is 3. The second-order valence-corrected chi connectivity index (χ2v) is 6.97. The second-order valence-electron chi connectivity index (χ2n) is 6.97. The molecule has 3 aliphatic rings. The lowest BCUT2D eigenvalue weighted by atomic mass is 9.91. The van der Waals surface area contributed by atoms with Crippen LogP contribution in [0.4, 0.5) is 0 Å². The highest BCUT2D eigenvalue weighted by molar-refractivity contribution is 6.06. The highest BCUT2D eigenvalue weighted by atomic mass is 16.5. The van der Waals surface area contributed by atoms with Gasteiger partial charge in [-0.05, 0) is 37.1 Å². The summed E-state index contributed by atoms with van der Waals surface area (Å²) in [6.07, 6.45) is 4.08. The SMILES string of the molecule is COc1ccc(C(=O)N2CCN=C2N2CCN(C3CCC3)CC2)cc1. The van der Waals surface area contributed by atoms with Crippen molar-refractivity contribution in [2.45, 2.75) is 25.3 Å². The maximum absolute atomic E-state index is 12.9. The third-order valence-corrected chi connectivity index (χ3v) is 5.59. The summed E-state index contributed by atoms with van der Waals surface area (Å²) in [6.45, 7) is 5.44. The lowest BCUT2D eigenvalue weighted by Gasteiger charge is -2.44. The predicted molar refractivity (Wildman–Crippen MR) is 97.1 cm³/mol. The van der Waals surface area contributed by atoms with Gasteiger partial charge in [-0.25, -0.2) is 0 Å². The number of nitrogens with zero attached hydrogens (tertiary/aromatic N) is 4. The Balaban J connectivity index is 1.40. The van der Waals surface area contributed by atoms with Gasteiger partial charge in [0.05, 0.1) is 13.7 Å². The van der Waals surface area contributed by atoms with Crippen LogP contribution in [0.25, 0.3) is 0 Å². The molecular weight excluding hydrogens is 316 g/mol. The topological polar surface area (TPSA) is 48.4 Å². The first-order valence-electron chi connectivity index (χ1n) is 9.25. The number of methoxy groups -OCH3 is 1. The Labute approximate surface area is 149 Å². The summed E-state index contributed by atoms with van der Waals surface area (Å²) in [4.78, 5) is 24.2.